The van der Waals surface area contributed by atoms with Crippen LogP contribution in [0.5, 0.6) is 46.0 Å². The fourth-order valence-corrected chi connectivity index (χ4v) is 14.8. The highest BCUT2D eigenvalue weighted by molar-refractivity contribution is 8.01. The van der Waals surface area contributed by atoms with Gasteiger partial charge in [-0.15, -0.1) is 0 Å². The van der Waals surface area contributed by atoms with Gasteiger partial charge in [-0.25, -0.2) is 0 Å². The highest BCUT2D eigenvalue weighted by Gasteiger charge is 2.48. The fraction of sp³-hybridized carbons (Fsp3) is 0.100. The third-order valence-corrected chi connectivity index (χ3v) is 17.7. The van der Waals surface area contributed by atoms with Crippen molar-refractivity contribution in [2.75, 3.05) is 0 Å². The maximum absolute atomic E-state index is 7.30. The second-order valence-electron chi connectivity index (χ2n) is 19.9. The van der Waals surface area contributed by atoms with E-state index in [2.05, 4.69) is 137 Å². The molecule has 8 heteroatoms. The lowest BCUT2D eigenvalue weighted by atomic mass is 9.32. The lowest BCUT2D eigenvalue weighted by Crippen LogP contribution is -2.62. The smallest absolute Gasteiger partial charge is 0.253 e. The summed E-state index contributed by atoms with van der Waals surface area (Å²) in [4.78, 5) is 4.77. The maximum atomic E-state index is 7.30. The van der Waals surface area contributed by atoms with Crippen LogP contribution in [0.4, 0.5) is 0 Å². The maximum Gasteiger partial charge on any atom is 0.253 e. The Balaban J connectivity index is 0.963. The van der Waals surface area contributed by atoms with Crippen molar-refractivity contribution in [2.45, 2.75) is 58.1 Å². The van der Waals surface area contributed by atoms with Gasteiger partial charge in [-0.05, 0) is 97.7 Å². The second kappa shape index (κ2) is 13.8. The van der Waals surface area contributed by atoms with Gasteiger partial charge in [-0.2, -0.15) is 0 Å². The molecule has 0 atom stereocenters. The quantitative estimate of drug-likeness (QED) is 0.164. The molecular weight excluding hydrogens is 870 g/mol. The molecule has 0 saturated carbocycles. The minimum atomic E-state index is -0.173. The lowest BCUT2D eigenvalue weighted by Gasteiger charge is -2.38. The molecule has 0 bridgehead atoms. The van der Waals surface area contributed by atoms with E-state index in [9.17, 15) is 0 Å². The van der Waals surface area contributed by atoms with Crippen LogP contribution >= 0.6 is 23.5 Å². The molecule has 6 aliphatic rings. The zero-order chi connectivity index (χ0) is 45.2. The van der Waals surface area contributed by atoms with E-state index in [1.807, 2.05) is 84.2 Å². The van der Waals surface area contributed by atoms with Crippen molar-refractivity contribution in [3.8, 4) is 68.2 Å². The molecule has 4 heterocycles. The van der Waals surface area contributed by atoms with E-state index in [0.29, 0.717) is 0 Å². The molecule has 2 aliphatic carbocycles. The Kier molecular flexibility index (Phi) is 7.93. The molecule has 15 rings (SSSR count). The third kappa shape index (κ3) is 5.33. The van der Waals surface area contributed by atoms with Gasteiger partial charge in [-0.3, -0.25) is 0 Å². The van der Waals surface area contributed by atoms with E-state index in [-0.39, 0.29) is 24.3 Å². The van der Waals surface area contributed by atoms with E-state index in [1.54, 1.807) is 0 Å². The molecule has 0 fully saturated rings. The Bertz CT molecular complexity index is 3480. The van der Waals surface area contributed by atoms with Gasteiger partial charge in [0.15, 0.2) is 0 Å². The van der Waals surface area contributed by atoms with Crippen LogP contribution in [0.25, 0.3) is 22.3 Å². The van der Waals surface area contributed by atoms with Crippen LogP contribution in [0.2, 0.25) is 0 Å². The van der Waals surface area contributed by atoms with Crippen molar-refractivity contribution in [1.82, 2.24) is 0 Å². The SMILES string of the molecule is CC1(C)c2ccccc2-c2c1ccc1c2Oc2cc(Oc3ccccc3)cc3c2B1c1cc2c(cc1S3)Sc1cc(Oc3ccccc3)cc3c1B2c1ccc2c(c1O3)-c1ccccc1C2(C)C. The summed E-state index contributed by atoms with van der Waals surface area (Å²) in [6.45, 7) is 9.21. The van der Waals surface area contributed by atoms with Gasteiger partial charge < -0.3 is 18.9 Å². The molecule has 322 valence electrons. The number of ether oxygens (including phenoxy) is 4. The Morgan fingerprint density at radius 2 is 0.809 bits per heavy atom. The Hall–Kier alpha value is -6.99. The summed E-state index contributed by atoms with van der Waals surface area (Å²) in [6, 6.07) is 60.9. The van der Waals surface area contributed by atoms with Crippen molar-refractivity contribution >= 4 is 69.7 Å². The lowest BCUT2D eigenvalue weighted by molar-refractivity contribution is 0.460. The van der Waals surface area contributed by atoms with Crippen LogP contribution in [-0.2, 0) is 10.8 Å². The Morgan fingerprint density at radius 3 is 1.26 bits per heavy atom. The minimum Gasteiger partial charge on any atom is -0.458 e. The predicted octanol–water partition coefficient (Wildman–Crippen LogP) is 12.1. The Morgan fingerprint density at radius 1 is 0.382 bits per heavy atom. The number of hydrogen-bond donors (Lipinski definition) is 0. The zero-order valence-electron chi connectivity index (χ0n) is 37.8. The van der Waals surface area contributed by atoms with Gasteiger partial charge in [0, 0.05) is 53.7 Å². The van der Waals surface area contributed by atoms with Crippen molar-refractivity contribution in [3.05, 3.63) is 192 Å². The van der Waals surface area contributed by atoms with Crippen LogP contribution in [-0.4, -0.2) is 13.4 Å². The first-order valence-corrected chi connectivity index (χ1v) is 25.1. The molecule has 0 aromatic heterocycles. The summed E-state index contributed by atoms with van der Waals surface area (Å²) >= 11 is 3.64. The molecule has 9 aromatic carbocycles. The van der Waals surface area contributed by atoms with E-state index in [4.69, 9.17) is 18.9 Å². The predicted molar refractivity (Wildman–Crippen MR) is 278 cm³/mol. The number of para-hydroxylation sites is 2. The normalized spacial score (nSPS) is 15.6. The van der Waals surface area contributed by atoms with Gasteiger partial charge in [0.1, 0.15) is 46.0 Å². The van der Waals surface area contributed by atoms with E-state index in [0.717, 1.165) is 55.8 Å². The molecule has 0 amide bonds. The molecule has 0 radical (unpaired) electrons. The molecule has 9 aromatic rings. The summed E-state index contributed by atoms with van der Waals surface area (Å²) < 4.78 is 27.8. The highest BCUT2D eigenvalue weighted by atomic mass is 32.2. The molecule has 4 nitrogen and oxygen atoms in total. The highest BCUT2D eigenvalue weighted by Crippen LogP contribution is 2.56. The summed E-state index contributed by atoms with van der Waals surface area (Å²) in [5.74, 6) is 6.67. The van der Waals surface area contributed by atoms with E-state index in [1.165, 1.54) is 87.1 Å². The summed E-state index contributed by atoms with van der Waals surface area (Å²) in [5.41, 5.74) is 17.1. The second-order valence-corrected chi connectivity index (χ2v) is 22.0. The van der Waals surface area contributed by atoms with Gasteiger partial charge in [-0.1, -0.05) is 177 Å². The van der Waals surface area contributed by atoms with Crippen LogP contribution in [0.1, 0.15) is 49.9 Å². The van der Waals surface area contributed by atoms with Gasteiger partial charge in [0.25, 0.3) is 13.4 Å². The monoisotopic (exact) mass is 910 g/mol. The molecule has 4 aliphatic heterocycles. The average molecular weight is 911 g/mol. The molecular formula is C60H40B2O4S2. The minimum absolute atomic E-state index is 0.0724. The largest absolute Gasteiger partial charge is 0.458 e. The summed E-state index contributed by atoms with van der Waals surface area (Å²) in [5, 5.41) is 0. The summed E-state index contributed by atoms with van der Waals surface area (Å²) in [7, 11) is 0. The third-order valence-electron chi connectivity index (χ3n) is 15.4. The molecule has 0 N–H and O–H groups in total. The molecule has 0 unspecified atom stereocenters. The van der Waals surface area contributed by atoms with Crippen molar-refractivity contribution in [2.24, 2.45) is 0 Å². The molecule has 0 spiro atoms. The van der Waals surface area contributed by atoms with Crippen molar-refractivity contribution in [3.63, 3.8) is 0 Å². The zero-order valence-corrected chi connectivity index (χ0v) is 39.4. The molecule has 0 saturated heterocycles. The van der Waals surface area contributed by atoms with Crippen molar-refractivity contribution in [1.29, 1.82) is 0 Å². The van der Waals surface area contributed by atoms with Crippen LogP contribution < -0.4 is 51.7 Å². The van der Waals surface area contributed by atoms with Crippen LogP contribution in [0.3, 0.4) is 0 Å². The van der Waals surface area contributed by atoms with Gasteiger partial charge >= 0.3 is 0 Å². The fourth-order valence-electron chi connectivity index (χ4n) is 12.3. The van der Waals surface area contributed by atoms with Crippen LogP contribution in [0, 0.1) is 0 Å². The first-order chi connectivity index (χ1) is 33.2. The first kappa shape index (κ1) is 39.0. The Labute approximate surface area is 404 Å². The summed E-state index contributed by atoms with van der Waals surface area (Å²) in [6.07, 6.45) is 0. The van der Waals surface area contributed by atoms with Crippen molar-refractivity contribution < 1.29 is 18.9 Å². The van der Waals surface area contributed by atoms with E-state index < -0.39 is 0 Å². The number of hydrogen-bond acceptors (Lipinski definition) is 6. The standard InChI is InChI=1S/C60H40B2O4S2/c1-59(2)39-21-13-11-19-37(39)53-41(59)23-25-43-57(53)65-47-27-35(63-33-15-7-5-8-16-33)29-51-55(47)61(43)45-31-46-50(32-49(45)67-51)68-52-30-36(64-34-17-9-6-10-18-34)28-48-56(52)62(46)44-26-24-42-54(58(44)66-48)38-20-12-14-22-40(38)60(42,3)4/h5-32H,1-4H3. The van der Waals surface area contributed by atoms with Gasteiger partial charge in [0.2, 0.25) is 0 Å². The van der Waals surface area contributed by atoms with E-state index >= 15 is 0 Å². The molecule has 68 heavy (non-hydrogen) atoms. The number of benzene rings is 9. The first-order valence-electron chi connectivity index (χ1n) is 23.4. The number of fused-ring (bicyclic) bond motifs is 16. The topological polar surface area (TPSA) is 36.9 Å². The van der Waals surface area contributed by atoms with Gasteiger partial charge in [0.05, 0.1) is 0 Å². The number of rotatable bonds is 4. The average Bonchev–Trinajstić information content (AvgIpc) is 3.73. The van der Waals surface area contributed by atoms with Crippen LogP contribution in [0.15, 0.2) is 189 Å².